The molecule has 3 rings (SSSR count). The summed E-state index contributed by atoms with van der Waals surface area (Å²) in [7, 11) is 9.18. The van der Waals surface area contributed by atoms with Crippen LogP contribution in [0.25, 0.3) is 6.08 Å². The highest BCUT2D eigenvalue weighted by molar-refractivity contribution is 6.16. The summed E-state index contributed by atoms with van der Waals surface area (Å²) in [6.07, 6.45) is 3.46. The predicted octanol–water partition coefficient (Wildman–Crippen LogP) is 3.35. The van der Waals surface area contributed by atoms with Gasteiger partial charge in [0.25, 0.3) is 0 Å². The van der Waals surface area contributed by atoms with Crippen LogP contribution in [0.4, 0.5) is 5.69 Å². The molecule has 176 valence electrons. The molecular formula is C26H33N3O4. The molecule has 1 aliphatic carbocycles. The molecule has 0 aromatic heterocycles. The van der Waals surface area contributed by atoms with Crippen molar-refractivity contribution >= 4 is 23.5 Å². The van der Waals surface area contributed by atoms with E-state index in [2.05, 4.69) is 10.2 Å². The second-order valence-corrected chi connectivity index (χ2v) is 8.60. The molecule has 0 saturated carbocycles. The zero-order valence-corrected chi connectivity index (χ0v) is 20.1. The summed E-state index contributed by atoms with van der Waals surface area (Å²) >= 11 is 0. The highest BCUT2D eigenvalue weighted by Crippen LogP contribution is 2.37. The zero-order chi connectivity index (χ0) is 24.0. The summed E-state index contributed by atoms with van der Waals surface area (Å²) in [5, 5.41) is 2.93. The summed E-state index contributed by atoms with van der Waals surface area (Å²) in [4.78, 5) is 29.3. The molecule has 0 fully saturated rings. The van der Waals surface area contributed by atoms with E-state index in [-0.39, 0.29) is 11.7 Å². The average Bonchev–Trinajstić information content (AvgIpc) is 3.08. The van der Waals surface area contributed by atoms with Crippen molar-refractivity contribution in [2.24, 2.45) is 0 Å². The first-order valence-corrected chi connectivity index (χ1v) is 11.0. The number of allylic oxidation sites excluding steroid dienone is 1. The molecule has 0 aliphatic heterocycles. The summed E-state index contributed by atoms with van der Waals surface area (Å²) in [5.41, 5.74) is 3.94. The first-order chi connectivity index (χ1) is 15.8. The monoisotopic (exact) mass is 451 g/mol. The third kappa shape index (κ3) is 6.43. The maximum Gasteiger partial charge on any atom is 0.238 e. The van der Waals surface area contributed by atoms with Crippen LogP contribution in [0.5, 0.6) is 11.5 Å². The summed E-state index contributed by atoms with van der Waals surface area (Å²) < 4.78 is 10.7. The largest absolute Gasteiger partial charge is 0.493 e. The van der Waals surface area contributed by atoms with E-state index in [1.165, 1.54) is 0 Å². The van der Waals surface area contributed by atoms with Gasteiger partial charge in [-0.1, -0.05) is 12.1 Å². The zero-order valence-electron chi connectivity index (χ0n) is 20.1. The number of methoxy groups -OCH3 is 2. The molecule has 0 bridgehead atoms. The number of Topliss-reactive ketones (excluding diaryl/α,β-unsaturated/α-hetero) is 1. The van der Waals surface area contributed by atoms with Gasteiger partial charge in [0.05, 0.1) is 20.8 Å². The highest BCUT2D eigenvalue weighted by atomic mass is 16.5. The first kappa shape index (κ1) is 24.5. The van der Waals surface area contributed by atoms with Gasteiger partial charge in [0, 0.05) is 23.2 Å². The van der Waals surface area contributed by atoms with Gasteiger partial charge in [-0.3, -0.25) is 14.5 Å². The SMILES string of the molecule is COc1cc2c(cc1OC)C(=O)/C(=C\c1ccc(NC(=O)CN(C)CCCN(C)C)cc1)C2. The molecule has 1 aliphatic rings. The number of ketones is 1. The average molecular weight is 452 g/mol. The molecule has 33 heavy (non-hydrogen) atoms. The van der Waals surface area contributed by atoms with E-state index in [0.29, 0.717) is 30.0 Å². The fraction of sp³-hybridized carbons (Fsp3) is 0.385. The Morgan fingerprint density at radius 1 is 1.03 bits per heavy atom. The van der Waals surface area contributed by atoms with Crippen LogP contribution in [0.3, 0.4) is 0 Å². The van der Waals surface area contributed by atoms with Crippen LogP contribution in [-0.4, -0.2) is 76.5 Å². The Labute approximate surface area is 196 Å². The van der Waals surface area contributed by atoms with Gasteiger partial charge in [-0.2, -0.15) is 0 Å². The third-order valence-corrected chi connectivity index (χ3v) is 5.62. The van der Waals surface area contributed by atoms with Gasteiger partial charge >= 0.3 is 0 Å². The number of benzene rings is 2. The van der Waals surface area contributed by atoms with Crippen molar-refractivity contribution in [1.82, 2.24) is 9.80 Å². The van der Waals surface area contributed by atoms with Crippen LogP contribution >= 0.6 is 0 Å². The van der Waals surface area contributed by atoms with Gasteiger partial charge in [-0.15, -0.1) is 0 Å². The molecule has 7 nitrogen and oxygen atoms in total. The molecule has 1 amide bonds. The lowest BCUT2D eigenvalue weighted by Crippen LogP contribution is -2.32. The van der Waals surface area contributed by atoms with Gasteiger partial charge < -0.3 is 19.7 Å². The van der Waals surface area contributed by atoms with Gasteiger partial charge in [0.15, 0.2) is 17.3 Å². The number of rotatable bonds is 10. The topological polar surface area (TPSA) is 71.1 Å². The molecule has 1 N–H and O–H groups in total. The van der Waals surface area contributed by atoms with E-state index < -0.39 is 0 Å². The van der Waals surface area contributed by atoms with Crippen LogP contribution in [0.2, 0.25) is 0 Å². The third-order valence-electron chi connectivity index (χ3n) is 5.62. The Morgan fingerprint density at radius 3 is 2.33 bits per heavy atom. The van der Waals surface area contributed by atoms with Gasteiger partial charge in [-0.05, 0) is 82.1 Å². The number of carbonyl (C=O) groups excluding carboxylic acids is 2. The van der Waals surface area contributed by atoms with E-state index in [9.17, 15) is 9.59 Å². The molecule has 7 heteroatoms. The second-order valence-electron chi connectivity index (χ2n) is 8.60. The molecule has 2 aromatic rings. The van der Waals surface area contributed by atoms with E-state index in [0.717, 1.165) is 41.9 Å². The normalized spacial score (nSPS) is 14.2. The van der Waals surface area contributed by atoms with E-state index in [1.54, 1.807) is 20.3 Å². The van der Waals surface area contributed by atoms with Gasteiger partial charge in [0.1, 0.15) is 0 Å². The smallest absolute Gasteiger partial charge is 0.238 e. The number of nitrogens with one attached hydrogen (secondary N) is 1. The standard InChI is InChI=1S/C26H33N3O4/c1-28(2)11-6-12-29(3)17-25(30)27-21-9-7-18(8-10-21)13-20-14-19-15-23(32-4)24(33-5)16-22(19)26(20)31/h7-10,13,15-16H,6,11-12,14,17H2,1-5H3,(H,27,30)/b20-13-. The minimum absolute atomic E-state index is 0.000589. The second kappa shape index (κ2) is 11.1. The van der Waals surface area contributed by atoms with Crippen LogP contribution in [-0.2, 0) is 11.2 Å². The van der Waals surface area contributed by atoms with Crippen LogP contribution in [0, 0.1) is 0 Å². The van der Waals surface area contributed by atoms with Crippen molar-refractivity contribution in [3.05, 3.63) is 58.7 Å². The highest BCUT2D eigenvalue weighted by Gasteiger charge is 2.27. The van der Waals surface area contributed by atoms with Crippen molar-refractivity contribution in [3.63, 3.8) is 0 Å². The minimum atomic E-state index is -0.0437. The van der Waals surface area contributed by atoms with Crippen LogP contribution in [0.15, 0.2) is 42.0 Å². The molecule has 0 spiro atoms. The number of likely N-dealkylation sites (N-methyl/N-ethyl adjacent to an activating group) is 1. The number of hydrogen-bond donors (Lipinski definition) is 1. The number of amides is 1. The fourth-order valence-corrected chi connectivity index (χ4v) is 3.90. The Balaban J connectivity index is 1.60. The lowest BCUT2D eigenvalue weighted by atomic mass is 10.1. The van der Waals surface area contributed by atoms with Crippen molar-refractivity contribution in [1.29, 1.82) is 0 Å². The van der Waals surface area contributed by atoms with E-state index >= 15 is 0 Å². The summed E-state index contributed by atoms with van der Waals surface area (Å²) in [6.45, 7) is 2.21. The lowest BCUT2D eigenvalue weighted by Gasteiger charge is -2.17. The molecule has 0 unspecified atom stereocenters. The first-order valence-electron chi connectivity index (χ1n) is 11.0. The quantitative estimate of drug-likeness (QED) is 0.559. The minimum Gasteiger partial charge on any atom is -0.493 e. The maximum absolute atomic E-state index is 12.9. The van der Waals surface area contributed by atoms with Crippen molar-refractivity contribution < 1.29 is 19.1 Å². The van der Waals surface area contributed by atoms with Crippen LogP contribution < -0.4 is 14.8 Å². The Bertz CT molecular complexity index is 1030. The molecule has 0 heterocycles. The molecule has 0 atom stereocenters. The predicted molar refractivity (Wildman–Crippen MR) is 131 cm³/mol. The molecule has 0 saturated heterocycles. The Kier molecular flexibility index (Phi) is 8.25. The number of hydrogen-bond acceptors (Lipinski definition) is 6. The van der Waals surface area contributed by atoms with Crippen molar-refractivity contribution in [2.45, 2.75) is 12.8 Å². The number of anilines is 1. The molecule has 0 radical (unpaired) electrons. The number of ether oxygens (including phenoxy) is 2. The fourth-order valence-electron chi connectivity index (χ4n) is 3.90. The van der Waals surface area contributed by atoms with Gasteiger partial charge in [0.2, 0.25) is 5.91 Å². The number of fused-ring (bicyclic) bond motifs is 1. The van der Waals surface area contributed by atoms with Crippen LogP contribution in [0.1, 0.15) is 27.9 Å². The molecule has 2 aromatic carbocycles. The Hall–Kier alpha value is -3.16. The van der Waals surface area contributed by atoms with Gasteiger partial charge in [-0.25, -0.2) is 0 Å². The van der Waals surface area contributed by atoms with E-state index in [4.69, 9.17) is 9.47 Å². The summed E-state index contributed by atoms with van der Waals surface area (Å²) in [5.74, 6) is 1.13. The molecular weight excluding hydrogens is 418 g/mol. The maximum atomic E-state index is 12.9. The number of nitrogens with zero attached hydrogens (tertiary/aromatic N) is 2. The lowest BCUT2D eigenvalue weighted by molar-refractivity contribution is -0.117. The number of carbonyl (C=O) groups is 2. The summed E-state index contributed by atoms with van der Waals surface area (Å²) in [6, 6.07) is 11.1. The van der Waals surface area contributed by atoms with Crippen molar-refractivity contribution in [2.75, 3.05) is 60.3 Å². The van der Waals surface area contributed by atoms with Crippen molar-refractivity contribution in [3.8, 4) is 11.5 Å². The Morgan fingerprint density at radius 2 is 1.70 bits per heavy atom. The van der Waals surface area contributed by atoms with E-state index in [1.807, 2.05) is 62.5 Å².